The number of aryl methyl sites for hydroxylation is 1. The Bertz CT molecular complexity index is 538. The molecule has 4 N–H and O–H groups in total. The van der Waals surface area contributed by atoms with Crippen LogP contribution >= 0.6 is 0 Å². The molecule has 7 heteroatoms. The second-order valence-electron chi connectivity index (χ2n) is 4.66. The van der Waals surface area contributed by atoms with Crippen LogP contribution in [-0.4, -0.2) is 20.4 Å². The first kappa shape index (κ1) is 15.6. The normalized spacial score (nSPS) is 13.3. The van der Waals surface area contributed by atoms with Crippen LogP contribution in [0.4, 0.5) is 0 Å². The number of hydrogen-bond donors (Lipinski definition) is 3. The minimum Gasteiger partial charge on any atom is -0.293 e. The molecule has 106 valence electrons. The van der Waals surface area contributed by atoms with E-state index in [1.165, 1.54) is 12.1 Å². The van der Waals surface area contributed by atoms with E-state index in [4.69, 9.17) is 5.84 Å². The lowest BCUT2D eigenvalue weighted by atomic mass is 10.1. The zero-order valence-electron chi connectivity index (χ0n) is 11.2. The van der Waals surface area contributed by atoms with E-state index in [2.05, 4.69) is 4.72 Å². The lowest BCUT2D eigenvalue weighted by Crippen LogP contribution is -2.51. The van der Waals surface area contributed by atoms with E-state index >= 15 is 0 Å². The molecule has 0 bridgehead atoms. The number of rotatable bonds is 5. The average Bonchev–Trinajstić information content (AvgIpc) is 2.35. The minimum atomic E-state index is -3.74. The summed E-state index contributed by atoms with van der Waals surface area (Å²) in [6, 6.07) is 5.48. The summed E-state index contributed by atoms with van der Waals surface area (Å²) in [6.45, 7) is 5.33. The van der Waals surface area contributed by atoms with Crippen LogP contribution in [0.25, 0.3) is 0 Å². The molecule has 6 nitrogen and oxygen atoms in total. The third-order valence-corrected chi connectivity index (χ3v) is 4.16. The van der Waals surface area contributed by atoms with Crippen molar-refractivity contribution in [2.45, 2.75) is 31.7 Å². The molecule has 0 spiro atoms. The summed E-state index contributed by atoms with van der Waals surface area (Å²) in [7, 11) is -3.74. The second kappa shape index (κ2) is 6.14. The van der Waals surface area contributed by atoms with Crippen molar-refractivity contribution in [1.29, 1.82) is 0 Å². The first-order chi connectivity index (χ1) is 8.77. The van der Waals surface area contributed by atoms with Gasteiger partial charge in [0.2, 0.25) is 10.0 Å². The van der Waals surface area contributed by atoms with Gasteiger partial charge in [0, 0.05) is 0 Å². The summed E-state index contributed by atoms with van der Waals surface area (Å²) in [4.78, 5) is 11.7. The van der Waals surface area contributed by atoms with Crippen molar-refractivity contribution >= 4 is 15.9 Å². The van der Waals surface area contributed by atoms with Crippen molar-refractivity contribution in [3.8, 4) is 0 Å². The molecule has 0 saturated carbocycles. The van der Waals surface area contributed by atoms with Crippen molar-refractivity contribution in [3.05, 3.63) is 29.8 Å². The van der Waals surface area contributed by atoms with Crippen LogP contribution < -0.4 is 16.0 Å². The monoisotopic (exact) mass is 285 g/mol. The van der Waals surface area contributed by atoms with Gasteiger partial charge >= 0.3 is 0 Å². The minimum absolute atomic E-state index is 0.119. The van der Waals surface area contributed by atoms with Gasteiger partial charge in [0.15, 0.2) is 0 Å². The molecule has 0 saturated heterocycles. The van der Waals surface area contributed by atoms with Crippen molar-refractivity contribution in [3.63, 3.8) is 0 Å². The maximum absolute atomic E-state index is 12.1. The Morgan fingerprint density at radius 3 is 2.16 bits per heavy atom. The summed E-state index contributed by atoms with van der Waals surface area (Å²) < 4.78 is 26.7. The first-order valence-corrected chi connectivity index (χ1v) is 7.35. The van der Waals surface area contributed by atoms with Crippen molar-refractivity contribution in [2.75, 3.05) is 0 Å². The highest BCUT2D eigenvalue weighted by molar-refractivity contribution is 7.89. The highest BCUT2D eigenvalue weighted by Gasteiger charge is 2.27. The summed E-state index contributed by atoms with van der Waals surface area (Å²) in [5.74, 6) is 4.27. The SMILES string of the molecule is Cc1ccc(S(=O)(=O)NC(C(=O)NN)C(C)C)cc1. The average molecular weight is 285 g/mol. The third kappa shape index (κ3) is 4.02. The van der Waals surface area contributed by atoms with Gasteiger partial charge < -0.3 is 0 Å². The van der Waals surface area contributed by atoms with Crippen molar-refractivity contribution < 1.29 is 13.2 Å². The van der Waals surface area contributed by atoms with E-state index < -0.39 is 22.0 Å². The molecule has 1 rings (SSSR count). The van der Waals surface area contributed by atoms with Gasteiger partial charge in [-0.15, -0.1) is 0 Å². The van der Waals surface area contributed by atoms with Crippen molar-refractivity contribution in [1.82, 2.24) is 10.1 Å². The number of hydrazine groups is 1. The van der Waals surface area contributed by atoms with Crippen LogP contribution in [0.5, 0.6) is 0 Å². The third-order valence-electron chi connectivity index (χ3n) is 2.70. The molecule has 1 unspecified atom stereocenters. The van der Waals surface area contributed by atoms with Gasteiger partial charge in [-0.25, -0.2) is 14.3 Å². The predicted molar refractivity (Wildman–Crippen MR) is 72.5 cm³/mol. The lowest BCUT2D eigenvalue weighted by Gasteiger charge is -2.20. The van der Waals surface area contributed by atoms with Crippen LogP contribution in [0.1, 0.15) is 19.4 Å². The fourth-order valence-electron chi connectivity index (χ4n) is 1.53. The molecule has 0 aromatic heterocycles. The lowest BCUT2D eigenvalue weighted by molar-refractivity contribution is -0.123. The summed E-state index contributed by atoms with van der Waals surface area (Å²) in [5, 5.41) is 0. The molecule has 0 aliphatic carbocycles. The second-order valence-corrected chi connectivity index (χ2v) is 6.38. The zero-order chi connectivity index (χ0) is 14.6. The highest BCUT2D eigenvalue weighted by Crippen LogP contribution is 2.12. The Morgan fingerprint density at radius 1 is 1.21 bits per heavy atom. The molecule has 19 heavy (non-hydrogen) atoms. The van der Waals surface area contributed by atoms with E-state index in [-0.39, 0.29) is 10.8 Å². The van der Waals surface area contributed by atoms with E-state index in [0.29, 0.717) is 0 Å². The number of hydrogen-bond acceptors (Lipinski definition) is 4. The first-order valence-electron chi connectivity index (χ1n) is 5.87. The molecule has 0 radical (unpaired) electrons. The molecule has 0 aliphatic rings. The number of sulfonamides is 1. The fourth-order valence-corrected chi connectivity index (χ4v) is 2.88. The van der Waals surface area contributed by atoms with Gasteiger partial charge in [0.05, 0.1) is 4.90 Å². The summed E-state index contributed by atoms with van der Waals surface area (Å²) >= 11 is 0. The molecule has 1 aromatic carbocycles. The molecule has 0 aliphatic heterocycles. The number of nitrogens with one attached hydrogen (secondary N) is 2. The van der Waals surface area contributed by atoms with Gasteiger partial charge in [-0.05, 0) is 25.0 Å². The van der Waals surface area contributed by atoms with Gasteiger partial charge in [-0.1, -0.05) is 31.5 Å². The standard InChI is InChI=1S/C12H19N3O3S/c1-8(2)11(12(16)14-13)15-19(17,18)10-6-4-9(3)5-7-10/h4-8,11,15H,13H2,1-3H3,(H,14,16). The van der Waals surface area contributed by atoms with Crippen molar-refractivity contribution in [2.24, 2.45) is 11.8 Å². The number of benzene rings is 1. The largest absolute Gasteiger partial charge is 0.293 e. The Labute approximate surface area is 113 Å². The van der Waals surface area contributed by atoms with Crippen LogP contribution in [0, 0.1) is 12.8 Å². The van der Waals surface area contributed by atoms with Crippen LogP contribution in [0.15, 0.2) is 29.2 Å². The smallest absolute Gasteiger partial charge is 0.252 e. The molecule has 1 aromatic rings. The molecule has 1 atom stereocenters. The quantitative estimate of drug-likeness (QED) is 0.411. The zero-order valence-corrected chi connectivity index (χ0v) is 12.0. The van der Waals surface area contributed by atoms with Crippen LogP contribution in [-0.2, 0) is 14.8 Å². The fraction of sp³-hybridized carbons (Fsp3) is 0.417. The Balaban J connectivity index is 3.00. The van der Waals surface area contributed by atoms with E-state index in [9.17, 15) is 13.2 Å². The Kier molecular flexibility index (Phi) is 5.04. The molecule has 0 fully saturated rings. The number of carbonyl (C=O) groups excluding carboxylic acids is 1. The molecular formula is C12H19N3O3S. The number of amides is 1. The van der Waals surface area contributed by atoms with Gasteiger partial charge in [0.25, 0.3) is 5.91 Å². The molecule has 1 amide bonds. The highest BCUT2D eigenvalue weighted by atomic mass is 32.2. The Morgan fingerprint density at radius 2 is 1.74 bits per heavy atom. The van der Waals surface area contributed by atoms with Crippen LogP contribution in [0.2, 0.25) is 0 Å². The number of nitrogens with two attached hydrogens (primary N) is 1. The van der Waals surface area contributed by atoms with E-state index in [1.54, 1.807) is 26.0 Å². The van der Waals surface area contributed by atoms with Crippen LogP contribution in [0.3, 0.4) is 0 Å². The van der Waals surface area contributed by atoms with Gasteiger partial charge in [0.1, 0.15) is 6.04 Å². The Hall–Kier alpha value is -1.44. The summed E-state index contributed by atoms with van der Waals surface area (Å²) in [6.07, 6.45) is 0. The summed E-state index contributed by atoms with van der Waals surface area (Å²) in [5.41, 5.74) is 2.92. The van der Waals surface area contributed by atoms with Gasteiger partial charge in [-0.2, -0.15) is 4.72 Å². The predicted octanol–water partition coefficient (Wildman–Crippen LogP) is 0.288. The van der Waals surface area contributed by atoms with E-state index in [1.807, 2.05) is 12.3 Å². The topological polar surface area (TPSA) is 101 Å². The molecular weight excluding hydrogens is 266 g/mol. The molecule has 0 heterocycles. The number of carbonyl (C=O) groups is 1. The van der Waals surface area contributed by atoms with Gasteiger partial charge in [-0.3, -0.25) is 10.2 Å². The van der Waals surface area contributed by atoms with E-state index in [0.717, 1.165) is 5.56 Å². The maximum atomic E-state index is 12.1. The maximum Gasteiger partial charge on any atom is 0.252 e.